The van der Waals surface area contributed by atoms with Crippen molar-refractivity contribution in [1.82, 2.24) is 0 Å². The topological polar surface area (TPSA) is 35.8 Å². The van der Waals surface area contributed by atoms with Crippen molar-refractivity contribution in [2.24, 2.45) is 5.41 Å². The van der Waals surface area contributed by atoms with Gasteiger partial charge in [0.2, 0.25) is 0 Å². The number of nitriles is 1. The standard InChI is InChI=1S/C13H16N2/c1-9-4-5-10(8-14)11(6-9)15-12-7-13(12,2)3/h4-6,12,15H,7H2,1-3H3. The minimum atomic E-state index is 0.385. The van der Waals surface area contributed by atoms with Gasteiger partial charge in [-0.3, -0.25) is 0 Å². The van der Waals surface area contributed by atoms with Crippen LogP contribution in [0.15, 0.2) is 18.2 Å². The van der Waals surface area contributed by atoms with Gasteiger partial charge in [0, 0.05) is 6.04 Å². The van der Waals surface area contributed by atoms with Gasteiger partial charge in [-0.15, -0.1) is 0 Å². The van der Waals surface area contributed by atoms with Gasteiger partial charge in [0.05, 0.1) is 11.3 Å². The summed E-state index contributed by atoms with van der Waals surface area (Å²) in [6.07, 6.45) is 1.19. The number of nitrogens with zero attached hydrogens (tertiary/aromatic N) is 1. The molecule has 1 aliphatic carbocycles. The fraction of sp³-hybridized carbons (Fsp3) is 0.462. The zero-order chi connectivity index (χ0) is 11.1. The van der Waals surface area contributed by atoms with Crippen LogP contribution in [0, 0.1) is 23.7 Å². The van der Waals surface area contributed by atoms with Crippen LogP contribution in [-0.2, 0) is 0 Å². The van der Waals surface area contributed by atoms with Crippen LogP contribution in [0.3, 0.4) is 0 Å². The Bertz CT molecular complexity index is 427. The molecule has 0 aliphatic heterocycles. The van der Waals surface area contributed by atoms with E-state index in [-0.39, 0.29) is 0 Å². The van der Waals surface area contributed by atoms with Crippen LogP contribution in [-0.4, -0.2) is 6.04 Å². The Morgan fingerprint density at radius 2 is 2.13 bits per heavy atom. The van der Waals surface area contributed by atoms with Crippen LogP contribution in [0.25, 0.3) is 0 Å². The summed E-state index contributed by atoms with van der Waals surface area (Å²) in [6.45, 7) is 6.53. The lowest BCUT2D eigenvalue weighted by Crippen LogP contribution is -2.09. The minimum absolute atomic E-state index is 0.385. The lowest BCUT2D eigenvalue weighted by atomic mass is 10.1. The molecule has 2 rings (SSSR count). The Morgan fingerprint density at radius 1 is 1.47 bits per heavy atom. The predicted molar refractivity (Wildman–Crippen MR) is 61.7 cm³/mol. The molecule has 0 radical (unpaired) electrons. The first-order chi connectivity index (χ1) is 7.03. The van der Waals surface area contributed by atoms with Crippen LogP contribution in [0.2, 0.25) is 0 Å². The maximum absolute atomic E-state index is 8.98. The normalized spacial score (nSPS) is 21.9. The molecule has 1 unspecified atom stereocenters. The molecule has 0 aromatic heterocycles. The van der Waals surface area contributed by atoms with E-state index in [0.717, 1.165) is 11.3 Å². The lowest BCUT2D eigenvalue weighted by molar-refractivity contribution is 0.630. The predicted octanol–water partition coefficient (Wildman–Crippen LogP) is 3.08. The molecule has 2 nitrogen and oxygen atoms in total. The van der Waals surface area contributed by atoms with E-state index in [4.69, 9.17) is 5.26 Å². The second kappa shape index (κ2) is 3.27. The van der Waals surface area contributed by atoms with Crippen molar-refractivity contribution in [2.75, 3.05) is 5.32 Å². The third kappa shape index (κ3) is 1.97. The molecule has 15 heavy (non-hydrogen) atoms. The molecule has 0 amide bonds. The van der Waals surface area contributed by atoms with Gasteiger partial charge < -0.3 is 5.32 Å². The number of anilines is 1. The zero-order valence-corrected chi connectivity index (χ0v) is 9.46. The molecule has 1 N–H and O–H groups in total. The zero-order valence-electron chi connectivity index (χ0n) is 9.46. The Kier molecular flexibility index (Phi) is 2.19. The summed E-state index contributed by atoms with van der Waals surface area (Å²) in [5, 5.41) is 12.4. The summed E-state index contributed by atoms with van der Waals surface area (Å²) in [5.41, 5.74) is 3.29. The average molecular weight is 200 g/mol. The molecule has 1 aromatic carbocycles. The summed E-state index contributed by atoms with van der Waals surface area (Å²) in [5.74, 6) is 0. The molecule has 78 valence electrons. The second-order valence-corrected chi connectivity index (χ2v) is 5.05. The van der Waals surface area contributed by atoms with Gasteiger partial charge in [-0.1, -0.05) is 19.9 Å². The van der Waals surface area contributed by atoms with Gasteiger partial charge in [0.1, 0.15) is 6.07 Å². The van der Waals surface area contributed by atoms with E-state index in [1.807, 2.05) is 25.1 Å². The quantitative estimate of drug-likeness (QED) is 0.796. The van der Waals surface area contributed by atoms with Gasteiger partial charge in [0.25, 0.3) is 0 Å². The monoisotopic (exact) mass is 200 g/mol. The molecule has 0 saturated heterocycles. The van der Waals surface area contributed by atoms with Gasteiger partial charge in [0.15, 0.2) is 0 Å². The molecule has 1 aliphatic rings. The largest absolute Gasteiger partial charge is 0.381 e. The highest BCUT2D eigenvalue weighted by atomic mass is 15.0. The number of benzene rings is 1. The average Bonchev–Trinajstić information content (AvgIpc) is 2.74. The van der Waals surface area contributed by atoms with Crippen LogP contribution in [0.4, 0.5) is 5.69 Å². The van der Waals surface area contributed by atoms with E-state index in [0.29, 0.717) is 11.5 Å². The number of nitrogens with one attached hydrogen (secondary N) is 1. The molecule has 1 atom stereocenters. The van der Waals surface area contributed by atoms with Gasteiger partial charge in [-0.25, -0.2) is 0 Å². The summed E-state index contributed by atoms with van der Waals surface area (Å²) >= 11 is 0. The van der Waals surface area contributed by atoms with E-state index in [1.54, 1.807) is 0 Å². The summed E-state index contributed by atoms with van der Waals surface area (Å²) < 4.78 is 0. The molecule has 0 heterocycles. The smallest absolute Gasteiger partial charge is 0.101 e. The first-order valence-electron chi connectivity index (χ1n) is 5.30. The molecular formula is C13H16N2. The van der Waals surface area contributed by atoms with E-state index in [9.17, 15) is 0 Å². The Hall–Kier alpha value is -1.49. The van der Waals surface area contributed by atoms with E-state index in [1.165, 1.54) is 12.0 Å². The Labute approximate surface area is 90.9 Å². The van der Waals surface area contributed by atoms with Crippen molar-refractivity contribution in [3.05, 3.63) is 29.3 Å². The fourth-order valence-corrected chi connectivity index (χ4v) is 1.78. The maximum atomic E-state index is 8.98. The Balaban J connectivity index is 2.21. The van der Waals surface area contributed by atoms with Crippen molar-refractivity contribution < 1.29 is 0 Å². The van der Waals surface area contributed by atoms with Crippen molar-refractivity contribution >= 4 is 5.69 Å². The first-order valence-corrected chi connectivity index (χ1v) is 5.30. The van der Waals surface area contributed by atoms with E-state index >= 15 is 0 Å². The Morgan fingerprint density at radius 3 is 2.67 bits per heavy atom. The summed E-state index contributed by atoms with van der Waals surface area (Å²) in [7, 11) is 0. The molecule has 1 fully saturated rings. The molecule has 0 bridgehead atoms. The van der Waals surface area contributed by atoms with Crippen molar-refractivity contribution in [2.45, 2.75) is 33.2 Å². The molecule has 1 aromatic rings. The summed E-state index contributed by atoms with van der Waals surface area (Å²) in [4.78, 5) is 0. The van der Waals surface area contributed by atoms with Gasteiger partial charge in [-0.05, 0) is 36.5 Å². The molecule has 0 spiro atoms. The lowest BCUT2D eigenvalue weighted by Gasteiger charge is -2.10. The van der Waals surface area contributed by atoms with Crippen molar-refractivity contribution in [3.8, 4) is 6.07 Å². The third-order valence-corrected chi connectivity index (χ3v) is 3.14. The first kappa shape index (κ1) is 10.0. The van der Waals surface area contributed by atoms with Crippen molar-refractivity contribution in [3.63, 3.8) is 0 Å². The van der Waals surface area contributed by atoms with Crippen LogP contribution in [0.1, 0.15) is 31.4 Å². The van der Waals surface area contributed by atoms with Crippen molar-refractivity contribution in [1.29, 1.82) is 5.26 Å². The molecule has 2 heteroatoms. The van der Waals surface area contributed by atoms with Gasteiger partial charge in [-0.2, -0.15) is 5.26 Å². The van der Waals surface area contributed by atoms with Crippen LogP contribution < -0.4 is 5.32 Å². The number of hydrogen-bond donors (Lipinski definition) is 1. The fourth-order valence-electron chi connectivity index (χ4n) is 1.78. The third-order valence-electron chi connectivity index (χ3n) is 3.14. The highest BCUT2D eigenvalue weighted by Crippen LogP contribution is 2.46. The number of aryl methyl sites for hydroxylation is 1. The highest BCUT2D eigenvalue weighted by molar-refractivity contribution is 5.60. The second-order valence-electron chi connectivity index (χ2n) is 5.05. The van der Waals surface area contributed by atoms with Gasteiger partial charge >= 0.3 is 0 Å². The van der Waals surface area contributed by atoms with E-state index in [2.05, 4.69) is 25.2 Å². The highest BCUT2D eigenvalue weighted by Gasteiger charge is 2.45. The summed E-state index contributed by atoms with van der Waals surface area (Å²) in [6, 6.07) is 8.65. The SMILES string of the molecule is Cc1ccc(C#N)c(NC2CC2(C)C)c1. The van der Waals surface area contributed by atoms with Crippen LogP contribution >= 0.6 is 0 Å². The van der Waals surface area contributed by atoms with E-state index < -0.39 is 0 Å². The molecule has 1 saturated carbocycles. The minimum Gasteiger partial charge on any atom is -0.381 e. The molecular weight excluding hydrogens is 184 g/mol. The number of rotatable bonds is 2. The van der Waals surface area contributed by atoms with Crippen LogP contribution in [0.5, 0.6) is 0 Å². The number of hydrogen-bond acceptors (Lipinski definition) is 2. The maximum Gasteiger partial charge on any atom is 0.101 e.